The fourth-order valence-electron chi connectivity index (χ4n) is 2.59. The molecule has 1 aliphatic heterocycles. The largest absolute Gasteiger partial charge is 0.374 e. The normalized spacial score (nSPS) is 22.1. The van der Waals surface area contributed by atoms with Crippen LogP contribution in [-0.4, -0.2) is 58.8 Å². The number of hydrogen-bond acceptors (Lipinski definition) is 5. The highest BCUT2D eigenvalue weighted by atomic mass is 79.9. The maximum Gasteiger partial charge on any atom is 0.153 e. The molecule has 114 valence electrons. The Morgan fingerprint density at radius 2 is 2.30 bits per heavy atom. The molecule has 0 aromatic carbocycles. The minimum atomic E-state index is 0.110. The highest BCUT2D eigenvalue weighted by Crippen LogP contribution is 2.26. The maximum absolute atomic E-state index is 6.01. The zero-order valence-corrected chi connectivity index (χ0v) is 14.1. The van der Waals surface area contributed by atoms with Crippen LogP contribution >= 0.6 is 15.9 Å². The Balaban J connectivity index is 2.18. The molecule has 1 aliphatic rings. The molecular weight excluding hydrogens is 322 g/mol. The molecule has 1 aromatic rings. The van der Waals surface area contributed by atoms with Crippen molar-refractivity contribution in [2.75, 3.05) is 32.8 Å². The predicted octanol–water partition coefficient (Wildman–Crippen LogP) is 1.34. The number of hydrogen-bond donors (Lipinski definition) is 1. The van der Waals surface area contributed by atoms with Gasteiger partial charge in [-0.15, -0.1) is 5.10 Å². The number of rotatable bonds is 6. The number of halogens is 1. The quantitative estimate of drug-likeness (QED) is 0.843. The number of nitrogens with one attached hydrogen (secondary N) is 1. The summed E-state index contributed by atoms with van der Waals surface area (Å²) in [5.41, 5.74) is 1.06. The summed E-state index contributed by atoms with van der Waals surface area (Å²) < 4.78 is 8.63. The number of likely N-dealkylation sites (N-methyl/N-ethyl adjacent to an activating group) is 1. The van der Waals surface area contributed by atoms with E-state index in [2.05, 4.69) is 50.3 Å². The maximum atomic E-state index is 6.01. The summed E-state index contributed by atoms with van der Waals surface area (Å²) in [6, 6.07) is 0.110. The van der Waals surface area contributed by atoms with Crippen LogP contribution in [0.15, 0.2) is 4.60 Å². The van der Waals surface area contributed by atoms with Gasteiger partial charge in [0, 0.05) is 20.1 Å². The van der Waals surface area contributed by atoms with Gasteiger partial charge in [-0.25, -0.2) is 4.68 Å². The minimum Gasteiger partial charge on any atom is -0.374 e. The van der Waals surface area contributed by atoms with Gasteiger partial charge in [0.05, 0.1) is 24.4 Å². The molecule has 1 saturated heterocycles. The van der Waals surface area contributed by atoms with Gasteiger partial charge in [0.2, 0.25) is 0 Å². The molecule has 0 saturated carbocycles. The first-order chi connectivity index (χ1) is 9.67. The van der Waals surface area contributed by atoms with Crippen LogP contribution in [0.25, 0.3) is 0 Å². The summed E-state index contributed by atoms with van der Waals surface area (Å²) in [5, 5.41) is 11.8. The summed E-state index contributed by atoms with van der Waals surface area (Å²) in [4.78, 5) is 2.42. The van der Waals surface area contributed by atoms with E-state index in [1.54, 1.807) is 0 Å². The van der Waals surface area contributed by atoms with E-state index in [0.29, 0.717) is 0 Å². The highest BCUT2D eigenvalue weighted by molar-refractivity contribution is 9.10. The Labute approximate surface area is 129 Å². The Hall–Kier alpha value is -0.500. The van der Waals surface area contributed by atoms with E-state index in [-0.39, 0.29) is 12.1 Å². The molecular formula is C13H24BrN5O. The van der Waals surface area contributed by atoms with Gasteiger partial charge in [-0.2, -0.15) is 0 Å². The van der Waals surface area contributed by atoms with E-state index in [1.165, 1.54) is 0 Å². The zero-order valence-electron chi connectivity index (χ0n) is 12.5. The van der Waals surface area contributed by atoms with Crippen molar-refractivity contribution in [2.45, 2.75) is 32.4 Å². The number of aryl methyl sites for hydroxylation is 1. The number of ether oxygens (including phenoxy) is 1. The molecule has 2 atom stereocenters. The molecule has 1 aromatic heterocycles. The Morgan fingerprint density at radius 1 is 1.50 bits per heavy atom. The molecule has 20 heavy (non-hydrogen) atoms. The third-order valence-electron chi connectivity index (χ3n) is 3.73. The lowest BCUT2D eigenvalue weighted by atomic mass is 10.1. The zero-order chi connectivity index (χ0) is 14.5. The molecule has 0 aliphatic carbocycles. The molecule has 7 heteroatoms. The molecule has 6 nitrogen and oxygen atoms in total. The average Bonchev–Trinajstić information content (AvgIpc) is 2.80. The summed E-state index contributed by atoms with van der Waals surface area (Å²) in [6.07, 6.45) is 1.22. The summed E-state index contributed by atoms with van der Waals surface area (Å²) in [6.45, 7) is 9.11. The summed E-state index contributed by atoms with van der Waals surface area (Å²) in [7, 11) is 1.92. The van der Waals surface area contributed by atoms with Gasteiger partial charge in [0.15, 0.2) is 4.60 Å². The summed E-state index contributed by atoms with van der Waals surface area (Å²) in [5.74, 6) is 0. The average molecular weight is 346 g/mol. The second-order valence-electron chi connectivity index (χ2n) is 5.12. The molecule has 2 unspecified atom stereocenters. The smallest absolute Gasteiger partial charge is 0.153 e. The molecule has 0 spiro atoms. The fourth-order valence-corrected chi connectivity index (χ4v) is 3.17. The Bertz CT molecular complexity index is 405. The Kier molecular flexibility index (Phi) is 5.95. The molecule has 0 radical (unpaired) electrons. The molecule has 1 N–H and O–H groups in total. The molecule has 2 heterocycles. The van der Waals surface area contributed by atoms with Crippen LogP contribution in [0.1, 0.15) is 32.0 Å². The second kappa shape index (κ2) is 7.49. The van der Waals surface area contributed by atoms with Crippen molar-refractivity contribution in [3.05, 3.63) is 10.3 Å². The van der Waals surface area contributed by atoms with Gasteiger partial charge in [-0.1, -0.05) is 19.1 Å². The van der Waals surface area contributed by atoms with Crippen LogP contribution in [0, 0.1) is 0 Å². The standard InChI is InChI=1S/C13H24BrN5O/c1-4-6-15-11(12-13(14)16-17-18(12)3)10-9-19(5-2)7-8-20-10/h10-11,15H,4-9H2,1-3H3. The number of aromatic nitrogens is 3. The van der Waals surface area contributed by atoms with Crippen molar-refractivity contribution >= 4 is 15.9 Å². The number of morpholine rings is 1. The third kappa shape index (κ3) is 3.58. The monoisotopic (exact) mass is 345 g/mol. The van der Waals surface area contributed by atoms with Gasteiger partial charge in [0.1, 0.15) is 0 Å². The SMILES string of the molecule is CCCNC(c1c(Br)nnn1C)C1CN(CC)CCO1. The van der Waals surface area contributed by atoms with Crippen molar-refractivity contribution in [3.8, 4) is 0 Å². The lowest BCUT2D eigenvalue weighted by Gasteiger charge is -2.36. The molecule has 0 amide bonds. The topological polar surface area (TPSA) is 55.2 Å². The van der Waals surface area contributed by atoms with Crippen LogP contribution in [0.3, 0.4) is 0 Å². The van der Waals surface area contributed by atoms with Gasteiger partial charge < -0.3 is 10.1 Å². The van der Waals surface area contributed by atoms with Crippen molar-refractivity contribution in [1.29, 1.82) is 0 Å². The van der Waals surface area contributed by atoms with Crippen LogP contribution in [-0.2, 0) is 11.8 Å². The molecule has 1 fully saturated rings. The van der Waals surface area contributed by atoms with Crippen LogP contribution < -0.4 is 5.32 Å². The van der Waals surface area contributed by atoms with E-state index in [4.69, 9.17) is 4.74 Å². The van der Waals surface area contributed by atoms with E-state index in [0.717, 1.165) is 49.5 Å². The number of nitrogens with zero attached hydrogens (tertiary/aromatic N) is 4. The van der Waals surface area contributed by atoms with Gasteiger partial charge in [-0.3, -0.25) is 4.90 Å². The predicted molar refractivity (Wildman–Crippen MR) is 81.6 cm³/mol. The third-order valence-corrected chi connectivity index (χ3v) is 4.30. The van der Waals surface area contributed by atoms with E-state index < -0.39 is 0 Å². The molecule has 2 rings (SSSR count). The highest BCUT2D eigenvalue weighted by Gasteiger charge is 2.32. The lowest BCUT2D eigenvalue weighted by Crippen LogP contribution is -2.48. The lowest BCUT2D eigenvalue weighted by molar-refractivity contribution is -0.0469. The van der Waals surface area contributed by atoms with Crippen LogP contribution in [0.2, 0.25) is 0 Å². The first kappa shape index (κ1) is 15.9. The van der Waals surface area contributed by atoms with Gasteiger partial charge in [0.25, 0.3) is 0 Å². The van der Waals surface area contributed by atoms with Crippen LogP contribution in [0.4, 0.5) is 0 Å². The van der Waals surface area contributed by atoms with Crippen molar-refractivity contribution in [3.63, 3.8) is 0 Å². The van der Waals surface area contributed by atoms with Crippen molar-refractivity contribution in [2.24, 2.45) is 7.05 Å². The minimum absolute atomic E-state index is 0.110. The van der Waals surface area contributed by atoms with Gasteiger partial charge in [-0.05, 0) is 35.4 Å². The second-order valence-corrected chi connectivity index (χ2v) is 5.87. The fraction of sp³-hybridized carbons (Fsp3) is 0.846. The van der Waals surface area contributed by atoms with Crippen molar-refractivity contribution < 1.29 is 4.74 Å². The van der Waals surface area contributed by atoms with Crippen molar-refractivity contribution in [1.82, 2.24) is 25.2 Å². The van der Waals surface area contributed by atoms with Gasteiger partial charge >= 0.3 is 0 Å². The van der Waals surface area contributed by atoms with E-state index >= 15 is 0 Å². The summed E-state index contributed by atoms with van der Waals surface area (Å²) >= 11 is 3.50. The molecule has 0 bridgehead atoms. The first-order valence-corrected chi connectivity index (χ1v) is 8.09. The first-order valence-electron chi connectivity index (χ1n) is 7.29. The van der Waals surface area contributed by atoms with E-state index in [1.807, 2.05) is 11.7 Å². The van der Waals surface area contributed by atoms with E-state index in [9.17, 15) is 0 Å². The Morgan fingerprint density at radius 3 is 2.90 bits per heavy atom. The van der Waals surface area contributed by atoms with Crippen LogP contribution in [0.5, 0.6) is 0 Å².